The summed E-state index contributed by atoms with van der Waals surface area (Å²) in [6.07, 6.45) is 2.15. The Morgan fingerprint density at radius 1 is 1.44 bits per heavy atom. The van der Waals surface area contributed by atoms with Gasteiger partial charge in [0.15, 0.2) is 5.82 Å². The Hall–Kier alpha value is -2.43. The van der Waals surface area contributed by atoms with Crippen molar-refractivity contribution in [3.05, 3.63) is 41.5 Å². The van der Waals surface area contributed by atoms with Gasteiger partial charge in [0.05, 0.1) is 18.2 Å². The van der Waals surface area contributed by atoms with Gasteiger partial charge in [-0.2, -0.15) is 10.4 Å². The smallest absolute Gasteiger partial charge is 0.150 e. The quantitative estimate of drug-likeness (QED) is 0.782. The van der Waals surface area contributed by atoms with Crippen molar-refractivity contribution in [3.63, 3.8) is 0 Å². The van der Waals surface area contributed by atoms with Crippen LogP contribution in [-0.2, 0) is 19.4 Å². The summed E-state index contributed by atoms with van der Waals surface area (Å²) < 4.78 is 7.53. The lowest BCUT2D eigenvalue weighted by Gasteiger charge is -2.24. The number of aryl methyl sites for hydroxylation is 2. The van der Waals surface area contributed by atoms with Crippen LogP contribution in [0.1, 0.15) is 30.6 Å². The number of hydrogen-bond donors (Lipinski definition) is 2. The van der Waals surface area contributed by atoms with Crippen LogP contribution in [0.3, 0.4) is 0 Å². The molecule has 132 valence electrons. The summed E-state index contributed by atoms with van der Waals surface area (Å²) in [6, 6.07) is 9.20. The van der Waals surface area contributed by atoms with Gasteiger partial charge in [0.2, 0.25) is 0 Å². The summed E-state index contributed by atoms with van der Waals surface area (Å²) in [5, 5.41) is 26.7. The van der Waals surface area contributed by atoms with Crippen molar-refractivity contribution in [1.29, 1.82) is 5.26 Å². The molecule has 7 nitrogen and oxygen atoms in total. The fraction of sp³-hybridized carbons (Fsp3) is 0.500. The van der Waals surface area contributed by atoms with Gasteiger partial charge >= 0.3 is 0 Å². The molecule has 1 aliphatic rings. The summed E-state index contributed by atoms with van der Waals surface area (Å²) in [4.78, 5) is 4.51. The van der Waals surface area contributed by atoms with Gasteiger partial charge in [-0.1, -0.05) is 6.92 Å². The highest BCUT2D eigenvalue weighted by Gasteiger charge is 2.21. The van der Waals surface area contributed by atoms with Crippen molar-refractivity contribution >= 4 is 0 Å². The Kier molecular flexibility index (Phi) is 5.64. The minimum absolute atomic E-state index is 0.209. The first-order chi connectivity index (χ1) is 12.2. The second-order valence-electron chi connectivity index (χ2n) is 6.22. The summed E-state index contributed by atoms with van der Waals surface area (Å²) in [7, 11) is 0. The number of benzene rings is 1. The summed E-state index contributed by atoms with van der Waals surface area (Å²) in [6.45, 7) is 3.51. The maximum absolute atomic E-state index is 10.1. The van der Waals surface area contributed by atoms with Gasteiger partial charge in [0, 0.05) is 25.4 Å². The molecule has 7 heteroatoms. The van der Waals surface area contributed by atoms with E-state index in [9.17, 15) is 5.11 Å². The highest BCUT2D eigenvalue weighted by Crippen LogP contribution is 2.14. The van der Waals surface area contributed by atoms with Crippen molar-refractivity contribution in [1.82, 2.24) is 20.1 Å². The van der Waals surface area contributed by atoms with E-state index in [0.717, 1.165) is 37.5 Å². The maximum Gasteiger partial charge on any atom is 0.150 e. The Bertz CT molecular complexity index is 735. The number of ether oxygens (including phenoxy) is 1. The van der Waals surface area contributed by atoms with Crippen molar-refractivity contribution in [3.8, 4) is 11.8 Å². The van der Waals surface area contributed by atoms with E-state index in [1.165, 1.54) is 0 Å². The zero-order chi connectivity index (χ0) is 17.6. The van der Waals surface area contributed by atoms with E-state index in [-0.39, 0.29) is 12.6 Å². The second-order valence-corrected chi connectivity index (χ2v) is 6.22. The maximum atomic E-state index is 10.1. The number of aromatic nitrogens is 3. The molecule has 2 unspecified atom stereocenters. The summed E-state index contributed by atoms with van der Waals surface area (Å²) in [5.74, 6) is 2.60. The zero-order valence-electron chi connectivity index (χ0n) is 14.4. The van der Waals surface area contributed by atoms with Crippen LogP contribution in [-0.4, -0.2) is 45.2 Å². The van der Waals surface area contributed by atoms with Gasteiger partial charge in [0.25, 0.3) is 0 Å². The molecule has 0 saturated carbocycles. The number of nitrogens with zero attached hydrogens (tertiary/aromatic N) is 4. The van der Waals surface area contributed by atoms with E-state index >= 15 is 0 Å². The number of nitriles is 1. The van der Waals surface area contributed by atoms with Crippen LogP contribution >= 0.6 is 0 Å². The Morgan fingerprint density at radius 2 is 2.24 bits per heavy atom. The van der Waals surface area contributed by atoms with E-state index in [1.807, 2.05) is 4.68 Å². The van der Waals surface area contributed by atoms with E-state index < -0.39 is 6.10 Å². The topological polar surface area (TPSA) is 96.0 Å². The normalized spacial score (nSPS) is 17.6. The average Bonchev–Trinajstić information content (AvgIpc) is 3.07. The van der Waals surface area contributed by atoms with Gasteiger partial charge in [-0.3, -0.25) is 0 Å². The third-order valence-corrected chi connectivity index (χ3v) is 4.29. The second kappa shape index (κ2) is 8.10. The van der Waals surface area contributed by atoms with Crippen molar-refractivity contribution in [2.75, 3.05) is 13.2 Å². The van der Waals surface area contributed by atoms with E-state index in [1.54, 1.807) is 24.3 Å². The van der Waals surface area contributed by atoms with Gasteiger partial charge in [-0.15, -0.1) is 0 Å². The van der Waals surface area contributed by atoms with Crippen LogP contribution in [0.25, 0.3) is 0 Å². The minimum atomic E-state index is -0.598. The van der Waals surface area contributed by atoms with E-state index in [0.29, 0.717) is 17.9 Å². The third kappa shape index (κ3) is 4.56. The Labute approximate surface area is 147 Å². The van der Waals surface area contributed by atoms with E-state index in [2.05, 4.69) is 28.4 Å². The highest BCUT2D eigenvalue weighted by molar-refractivity contribution is 5.34. The van der Waals surface area contributed by atoms with Gasteiger partial charge in [-0.05, 0) is 30.7 Å². The Morgan fingerprint density at radius 3 is 2.96 bits per heavy atom. The standard InChI is InChI=1S/C18H23N5O2/c1-2-17-21-18-8-5-14(11-23(18)22-17)20-10-15(24)12-25-16-6-3-13(9-19)4-7-16/h3-4,6-7,14-15,20,24H,2,5,8,10-12H2,1H3. The molecule has 1 aromatic heterocycles. The van der Waals surface area contributed by atoms with Crippen molar-refractivity contribution in [2.45, 2.75) is 44.9 Å². The van der Waals surface area contributed by atoms with Gasteiger partial charge < -0.3 is 15.2 Å². The minimum Gasteiger partial charge on any atom is -0.491 e. The highest BCUT2D eigenvalue weighted by atomic mass is 16.5. The molecule has 0 spiro atoms. The number of hydrogen-bond acceptors (Lipinski definition) is 6. The molecular formula is C18H23N5O2. The lowest BCUT2D eigenvalue weighted by Crippen LogP contribution is -2.42. The van der Waals surface area contributed by atoms with E-state index in [4.69, 9.17) is 10.00 Å². The predicted molar refractivity (Wildman–Crippen MR) is 92.2 cm³/mol. The first-order valence-corrected chi connectivity index (χ1v) is 8.65. The first kappa shape index (κ1) is 17.4. The number of nitrogens with one attached hydrogen (secondary N) is 1. The fourth-order valence-electron chi connectivity index (χ4n) is 2.86. The largest absolute Gasteiger partial charge is 0.491 e. The van der Waals surface area contributed by atoms with Crippen LogP contribution in [0.15, 0.2) is 24.3 Å². The molecule has 25 heavy (non-hydrogen) atoms. The fourth-order valence-corrected chi connectivity index (χ4v) is 2.86. The number of aliphatic hydroxyl groups is 1. The van der Waals surface area contributed by atoms with Crippen LogP contribution in [0, 0.1) is 11.3 Å². The Balaban J connectivity index is 1.41. The number of fused-ring (bicyclic) bond motifs is 1. The molecule has 1 aromatic carbocycles. The molecule has 0 aliphatic carbocycles. The number of rotatable bonds is 7. The molecule has 0 amide bonds. The monoisotopic (exact) mass is 341 g/mol. The lowest BCUT2D eigenvalue weighted by molar-refractivity contribution is 0.101. The van der Waals surface area contributed by atoms with Crippen LogP contribution < -0.4 is 10.1 Å². The molecule has 0 radical (unpaired) electrons. The molecule has 2 N–H and O–H groups in total. The summed E-state index contributed by atoms with van der Waals surface area (Å²) >= 11 is 0. The SMILES string of the molecule is CCc1nc2n(n1)CC(NCC(O)COc1ccc(C#N)cc1)CC2. The lowest BCUT2D eigenvalue weighted by atomic mass is 10.1. The van der Waals surface area contributed by atoms with Crippen LogP contribution in [0.4, 0.5) is 0 Å². The van der Waals surface area contributed by atoms with Crippen molar-refractivity contribution in [2.24, 2.45) is 0 Å². The molecule has 0 bridgehead atoms. The van der Waals surface area contributed by atoms with Crippen LogP contribution in [0.5, 0.6) is 5.75 Å². The third-order valence-electron chi connectivity index (χ3n) is 4.29. The molecule has 2 heterocycles. The molecule has 2 atom stereocenters. The first-order valence-electron chi connectivity index (χ1n) is 8.65. The van der Waals surface area contributed by atoms with Crippen molar-refractivity contribution < 1.29 is 9.84 Å². The molecule has 0 saturated heterocycles. The molecule has 1 aliphatic heterocycles. The molecular weight excluding hydrogens is 318 g/mol. The molecule has 2 aromatic rings. The average molecular weight is 341 g/mol. The van der Waals surface area contributed by atoms with Crippen LogP contribution in [0.2, 0.25) is 0 Å². The molecule has 3 rings (SSSR count). The summed E-state index contributed by atoms with van der Waals surface area (Å²) in [5.41, 5.74) is 0.588. The zero-order valence-corrected chi connectivity index (χ0v) is 14.4. The van der Waals surface area contributed by atoms with Gasteiger partial charge in [-0.25, -0.2) is 9.67 Å². The van der Waals surface area contributed by atoms with Gasteiger partial charge in [0.1, 0.15) is 24.3 Å². The predicted octanol–water partition coefficient (Wildman–Crippen LogP) is 1.06. The molecule has 0 fully saturated rings. The number of aliphatic hydroxyl groups excluding tert-OH is 1.